The van der Waals surface area contributed by atoms with Gasteiger partial charge in [0.05, 0.1) is 12.5 Å². The zero-order chi connectivity index (χ0) is 16.1. The van der Waals surface area contributed by atoms with Crippen LogP contribution in [0.2, 0.25) is 0 Å². The highest BCUT2D eigenvalue weighted by Crippen LogP contribution is 2.15. The second kappa shape index (κ2) is 7.54. The molecule has 2 rings (SSSR count). The van der Waals surface area contributed by atoms with E-state index in [1.165, 1.54) is 0 Å². The van der Waals surface area contributed by atoms with E-state index in [4.69, 9.17) is 4.74 Å². The van der Waals surface area contributed by atoms with Gasteiger partial charge in [0.25, 0.3) is 5.56 Å². The summed E-state index contributed by atoms with van der Waals surface area (Å²) >= 11 is 0. The van der Waals surface area contributed by atoms with Crippen molar-refractivity contribution in [3.05, 3.63) is 27.4 Å². The van der Waals surface area contributed by atoms with Crippen molar-refractivity contribution >= 4 is 5.91 Å². The van der Waals surface area contributed by atoms with Crippen LogP contribution in [0, 0.1) is 13.8 Å². The molecule has 1 saturated heterocycles. The first-order chi connectivity index (χ1) is 10.5. The van der Waals surface area contributed by atoms with Crippen molar-refractivity contribution in [1.29, 1.82) is 0 Å². The number of nitrogens with zero attached hydrogens (tertiary/aromatic N) is 2. The van der Waals surface area contributed by atoms with Crippen molar-refractivity contribution in [2.75, 3.05) is 19.7 Å². The molecule has 1 N–H and O–H groups in total. The third kappa shape index (κ3) is 4.16. The van der Waals surface area contributed by atoms with Crippen LogP contribution >= 0.6 is 0 Å². The van der Waals surface area contributed by atoms with Gasteiger partial charge < -0.3 is 14.6 Å². The van der Waals surface area contributed by atoms with Gasteiger partial charge in [0.2, 0.25) is 5.91 Å². The summed E-state index contributed by atoms with van der Waals surface area (Å²) in [5, 5.41) is 0. The van der Waals surface area contributed by atoms with E-state index in [0.717, 1.165) is 32.4 Å². The monoisotopic (exact) mass is 307 g/mol. The number of piperidine rings is 1. The Morgan fingerprint density at radius 1 is 1.45 bits per heavy atom. The summed E-state index contributed by atoms with van der Waals surface area (Å²) in [7, 11) is 0. The van der Waals surface area contributed by atoms with Crippen LogP contribution in [0.25, 0.3) is 0 Å². The van der Waals surface area contributed by atoms with Crippen LogP contribution in [-0.4, -0.2) is 46.6 Å². The molecule has 0 bridgehead atoms. The maximum absolute atomic E-state index is 12.5. The van der Waals surface area contributed by atoms with Crippen molar-refractivity contribution in [3.8, 4) is 0 Å². The van der Waals surface area contributed by atoms with Crippen molar-refractivity contribution in [2.24, 2.45) is 0 Å². The second-order valence-electron chi connectivity index (χ2n) is 5.87. The van der Waals surface area contributed by atoms with E-state index < -0.39 is 0 Å². The molecule has 1 aromatic rings. The fourth-order valence-electron chi connectivity index (χ4n) is 2.81. The first-order valence-electron chi connectivity index (χ1n) is 7.97. The summed E-state index contributed by atoms with van der Waals surface area (Å²) in [4.78, 5) is 33.2. The molecule has 122 valence electrons. The highest BCUT2D eigenvalue weighted by atomic mass is 16.5. The summed E-state index contributed by atoms with van der Waals surface area (Å²) < 4.78 is 5.75. The minimum absolute atomic E-state index is 0.0240. The first kappa shape index (κ1) is 16.7. The molecule has 0 spiro atoms. The Bertz CT molecular complexity index is 582. The van der Waals surface area contributed by atoms with E-state index >= 15 is 0 Å². The average molecular weight is 307 g/mol. The van der Waals surface area contributed by atoms with Crippen LogP contribution in [0.5, 0.6) is 0 Å². The number of H-pyrrole nitrogens is 1. The van der Waals surface area contributed by atoms with E-state index in [2.05, 4.69) is 16.9 Å². The molecule has 1 aliphatic rings. The molecular weight excluding hydrogens is 282 g/mol. The smallest absolute Gasteiger partial charge is 0.254 e. The number of aromatic nitrogens is 2. The lowest BCUT2D eigenvalue weighted by atomic mass is 10.1. The molecule has 6 heteroatoms. The van der Waals surface area contributed by atoms with E-state index in [1.54, 1.807) is 13.8 Å². The number of nitrogens with one attached hydrogen (secondary N) is 1. The largest absolute Gasteiger partial charge is 0.376 e. The van der Waals surface area contributed by atoms with Gasteiger partial charge in [-0.1, -0.05) is 6.92 Å². The normalized spacial score (nSPS) is 18.5. The van der Waals surface area contributed by atoms with Gasteiger partial charge in [-0.2, -0.15) is 0 Å². The van der Waals surface area contributed by atoms with Crippen LogP contribution in [0.1, 0.15) is 43.3 Å². The molecule has 0 aliphatic carbocycles. The Morgan fingerprint density at radius 2 is 2.23 bits per heavy atom. The highest BCUT2D eigenvalue weighted by Gasteiger charge is 2.25. The Hall–Kier alpha value is -1.69. The van der Waals surface area contributed by atoms with Crippen molar-refractivity contribution < 1.29 is 9.53 Å². The summed E-state index contributed by atoms with van der Waals surface area (Å²) in [5.41, 5.74) is 0.881. The zero-order valence-corrected chi connectivity index (χ0v) is 13.6. The number of amides is 1. The number of carbonyl (C=O) groups is 1. The Kier molecular flexibility index (Phi) is 5.71. The van der Waals surface area contributed by atoms with Gasteiger partial charge in [-0.3, -0.25) is 9.59 Å². The molecule has 1 atom stereocenters. The molecular formula is C16H25N3O3. The van der Waals surface area contributed by atoms with Crippen molar-refractivity contribution in [3.63, 3.8) is 0 Å². The molecule has 0 unspecified atom stereocenters. The first-order valence-corrected chi connectivity index (χ1v) is 7.97. The van der Waals surface area contributed by atoms with Crippen LogP contribution in [-0.2, 0) is 16.0 Å². The lowest BCUT2D eigenvalue weighted by Crippen LogP contribution is -2.44. The van der Waals surface area contributed by atoms with E-state index in [0.29, 0.717) is 23.6 Å². The van der Waals surface area contributed by atoms with Gasteiger partial charge in [0, 0.05) is 31.0 Å². The van der Waals surface area contributed by atoms with Crippen LogP contribution in [0.4, 0.5) is 0 Å². The molecule has 6 nitrogen and oxygen atoms in total. The second-order valence-corrected chi connectivity index (χ2v) is 5.87. The number of aromatic amines is 1. The number of carbonyl (C=O) groups excluding carboxylic acids is 1. The van der Waals surface area contributed by atoms with Crippen LogP contribution in [0.3, 0.4) is 0 Å². The van der Waals surface area contributed by atoms with Gasteiger partial charge in [-0.15, -0.1) is 0 Å². The molecule has 2 heterocycles. The number of hydrogen-bond acceptors (Lipinski definition) is 4. The van der Waals surface area contributed by atoms with E-state index in [9.17, 15) is 9.59 Å². The van der Waals surface area contributed by atoms with Crippen molar-refractivity contribution in [2.45, 2.75) is 52.6 Å². The van der Waals surface area contributed by atoms with Crippen LogP contribution < -0.4 is 5.56 Å². The Balaban J connectivity index is 2.01. The maximum atomic E-state index is 12.5. The molecule has 1 aromatic heterocycles. The number of rotatable bonds is 5. The molecule has 1 aliphatic heterocycles. The molecule has 0 aromatic carbocycles. The third-order valence-electron chi connectivity index (χ3n) is 3.96. The lowest BCUT2D eigenvalue weighted by molar-refractivity contribution is -0.134. The molecule has 0 radical (unpaired) electrons. The quantitative estimate of drug-likeness (QED) is 0.891. The molecule has 1 amide bonds. The fourth-order valence-corrected chi connectivity index (χ4v) is 2.81. The molecule has 22 heavy (non-hydrogen) atoms. The minimum atomic E-state index is -0.214. The maximum Gasteiger partial charge on any atom is 0.254 e. The fraction of sp³-hybridized carbons (Fsp3) is 0.688. The van der Waals surface area contributed by atoms with Gasteiger partial charge in [0.1, 0.15) is 5.82 Å². The minimum Gasteiger partial charge on any atom is -0.376 e. The third-order valence-corrected chi connectivity index (χ3v) is 3.96. The van der Waals surface area contributed by atoms with Gasteiger partial charge >= 0.3 is 0 Å². The summed E-state index contributed by atoms with van der Waals surface area (Å²) in [6.07, 6.45) is 3.15. The number of likely N-dealkylation sites (tertiary alicyclic amines) is 1. The Morgan fingerprint density at radius 3 is 2.91 bits per heavy atom. The number of aryl methyl sites for hydroxylation is 2. The summed E-state index contributed by atoms with van der Waals surface area (Å²) in [6, 6.07) is 0. The highest BCUT2D eigenvalue weighted by molar-refractivity contribution is 5.79. The van der Waals surface area contributed by atoms with Gasteiger partial charge in [-0.25, -0.2) is 4.98 Å². The topological polar surface area (TPSA) is 75.3 Å². The molecule has 1 fully saturated rings. The summed E-state index contributed by atoms with van der Waals surface area (Å²) in [6.45, 7) is 7.67. The number of hydrogen-bond donors (Lipinski definition) is 1. The molecule has 0 saturated carbocycles. The number of ether oxygens (including phenoxy) is 1. The predicted octanol–water partition coefficient (Wildman–Crippen LogP) is 1.35. The van der Waals surface area contributed by atoms with Crippen molar-refractivity contribution in [1.82, 2.24) is 14.9 Å². The lowest BCUT2D eigenvalue weighted by Gasteiger charge is -2.32. The average Bonchev–Trinajstić information content (AvgIpc) is 2.49. The zero-order valence-electron chi connectivity index (χ0n) is 13.6. The summed E-state index contributed by atoms with van der Waals surface area (Å²) in [5.74, 6) is 0.550. The van der Waals surface area contributed by atoms with Crippen LogP contribution in [0.15, 0.2) is 4.79 Å². The van der Waals surface area contributed by atoms with Gasteiger partial charge in [0.15, 0.2) is 0 Å². The SMILES string of the molecule is CCCO[C@H]1CCCN(C(=O)Cc2c(C)nc(C)[nH]c2=O)C1. The Labute approximate surface area is 130 Å². The van der Waals surface area contributed by atoms with E-state index in [-0.39, 0.29) is 24.0 Å². The van der Waals surface area contributed by atoms with E-state index in [1.807, 2.05) is 4.90 Å². The standard InChI is InChI=1S/C16H25N3O3/c1-4-8-22-13-6-5-7-19(10-13)15(20)9-14-11(2)17-12(3)18-16(14)21/h13H,4-10H2,1-3H3,(H,17,18,21)/t13-/m0/s1. The predicted molar refractivity (Wildman–Crippen MR) is 83.9 cm³/mol. The van der Waals surface area contributed by atoms with Gasteiger partial charge in [-0.05, 0) is 33.1 Å².